The first kappa shape index (κ1) is 16.0. The molecule has 0 bridgehead atoms. The van der Waals surface area contributed by atoms with Crippen molar-refractivity contribution in [2.75, 3.05) is 6.61 Å². The molecule has 0 aromatic heterocycles. The molecule has 0 saturated carbocycles. The number of rotatable bonds is 7. The van der Waals surface area contributed by atoms with Gasteiger partial charge in [0.05, 0.1) is 19.1 Å². The first-order valence-electron chi connectivity index (χ1n) is 6.77. The predicted molar refractivity (Wildman–Crippen MR) is 75.6 cm³/mol. The lowest BCUT2D eigenvalue weighted by molar-refractivity contribution is -0.136. The Morgan fingerprint density at radius 2 is 2.05 bits per heavy atom. The van der Waals surface area contributed by atoms with Gasteiger partial charge >= 0.3 is 12.1 Å². The monoisotopic (exact) mass is 279 g/mol. The molecule has 20 heavy (non-hydrogen) atoms. The van der Waals surface area contributed by atoms with E-state index >= 15 is 0 Å². The number of carboxylic acids is 1. The minimum atomic E-state index is -0.893. The summed E-state index contributed by atoms with van der Waals surface area (Å²) >= 11 is 0. The van der Waals surface area contributed by atoms with Gasteiger partial charge in [-0.15, -0.1) is 0 Å². The van der Waals surface area contributed by atoms with Crippen molar-refractivity contribution in [3.8, 4) is 0 Å². The summed E-state index contributed by atoms with van der Waals surface area (Å²) in [6, 6.07) is 6.88. The Morgan fingerprint density at radius 1 is 1.35 bits per heavy atom. The fraction of sp³-hybridized carbons (Fsp3) is 0.467. The summed E-state index contributed by atoms with van der Waals surface area (Å²) < 4.78 is 5.03. The minimum Gasteiger partial charge on any atom is -0.481 e. The quantitative estimate of drug-likeness (QED) is 0.752. The molecule has 5 heteroatoms. The Morgan fingerprint density at radius 3 is 2.70 bits per heavy atom. The van der Waals surface area contributed by atoms with E-state index in [2.05, 4.69) is 5.32 Å². The highest BCUT2D eigenvalue weighted by atomic mass is 16.5. The third-order valence-electron chi connectivity index (χ3n) is 2.93. The molecule has 0 aliphatic heterocycles. The van der Waals surface area contributed by atoms with E-state index in [4.69, 9.17) is 9.84 Å². The maximum atomic E-state index is 11.6. The molecule has 0 fully saturated rings. The zero-order valence-corrected chi connectivity index (χ0v) is 11.9. The third kappa shape index (κ3) is 5.30. The zero-order chi connectivity index (χ0) is 15.0. The molecular formula is C15H21NO4. The lowest BCUT2D eigenvalue weighted by atomic mass is 9.99. The van der Waals surface area contributed by atoms with Crippen LogP contribution < -0.4 is 5.32 Å². The van der Waals surface area contributed by atoms with Crippen molar-refractivity contribution in [2.45, 2.75) is 39.2 Å². The van der Waals surface area contributed by atoms with E-state index in [1.807, 2.05) is 26.0 Å². The van der Waals surface area contributed by atoms with Crippen LogP contribution in [0.25, 0.3) is 0 Å². The molecule has 0 saturated heterocycles. The predicted octanol–water partition coefficient (Wildman–Crippen LogP) is 2.90. The van der Waals surface area contributed by atoms with E-state index in [0.717, 1.165) is 18.4 Å². The second-order valence-electron chi connectivity index (χ2n) is 4.62. The largest absolute Gasteiger partial charge is 0.481 e. The van der Waals surface area contributed by atoms with Crippen molar-refractivity contribution in [3.05, 3.63) is 35.4 Å². The molecule has 1 atom stereocenters. The van der Waals surface area contributed by atoms with Crippen LogP contribution in [-0.2, 0) is 16.0 Å². The number of ether oxygens (including phenoxy) is 1. The zero-order valence-electron chi connectivity index (χ0n) is 11.9. The van der Waals surface area contributed by atoms with Crippen molar-refractivity contribution >= 4 is 12.1 Å². The summed E-state index contributed by atoms with van der Waals surface area (Å²) in [4.78, 5) is 22.4. The molecule has 1 amide bonds. The van der Waals surface area contributed by atoms with Gasteiger partial charge in [-0.05, 0) is 24.5 Å². The Bertz CT molecular complexity index is 459. The molecule has 2 N–H and O–H groups in total. The number of carboxylic acid groups (broad SMARTS) is 1. The van der Waals surface area contributed by atoms with E-state index < -0.39 is 12.1 Å². The van der Waals surface area contributed by atoms with Gasteiger partial charge in [0.1, 0.15) is 0 Å². The Kier molecular flexibility index (Phi) is 6.56. The summed E-state index contributed by atoms with van der Waals surface area (Å²) in [6.07, 6.45) is 1.26. The second-order valence-corrected chi connectivity index (χ2v) is 4.62. The van der Waals surface area contributed by atoms with Crippen LogP contribution in [0.15, 0.2) is 24.3 Å². The van der Waals surface area contributed by atoms with Gasteiger partial charge in [-0.1, -0.05) is 37.6 Å². The van der Waals surface area contributed by atoms with Crippen molar-refractivity contribution in [1.29, 1.82) is 0 Å². The average Bonchev–Trinajstić information content (AvgIpc) is 2.38. The highest BCUT2D eigenvalue weighted by Gasteiger charge is 2.15. The fourth-order valence-electron chi connectivity index (χ4n) is 1.89. The molecule has 0 aliphatic carbocycles. The van der Waals surface area contributed by atoms with Gasteiger partial charge in [-0.25, -0.2) is 4.79 Å². The van der Waals surface area contributed by atoms with Crippen LogP contribution in [0.4, 0.5) is 4.79 Å². The molecule has 0 radical (unpaired) electrons. The number of amides is 1. The second kappa shape index (κ2) is 8.19. The highest BCUT2D eigenvalue weighted by Crippen LogP contribution is 2.18. The molecule has 110 valence electrons. The summed E-state index contributed by atoms with van der Waals surface area (Å²) in [6.45, 7) is 4.22. The van der Waals surface area contributed by atoms with Gasteiger partial charge < -0.3 is 15.2 Å². The van der Waals surface area contributed by atoms with E-state index in [1.54, 1.807) is 12.1 Å². The topological polar surface area (TPSA) is 75.6 Å². The first-order valence-corrected chi connectivity index (χ1v) is 6.77. The van der Waals surface area contributed by atoms with Gasteiger partial charge in [0.25, 0.3) is 0 Å². The number of unbranched alkanes of at least 4 members (excludes halogenated alkanes) is 1. The van der Waals surface area contributed by atoms with Crippen LogP contribution in [0.5, 0.6) is 0 Å². The maximum Gasteiger partial charge on any atom is 0.407 e. The number of aliphatic carboxylic acids is 1. The van der Waals surface area contributed by atoms with Gasteiger partial charge in [0, 0.05) is 0 Å². The van der Waals surface area contributed by atoms with Crippen molar-refractivity contribution in [1.82, 2.24) is 5.32 Å². The molecule has 1 unspecified atom stereocenters. The summed E-state index contributed by atoms with van der Waals surface area (Å²) in [7, 11) is 0. The molecule has 0 spiro atoms. The fourth-order valence-corrected chi connectivity index (χ4v) is 1.89. The van der Waals surface area contributed by atoms with E-state index in [1.165, 1.54) is 0 Å². The molecule has 0 heterocycles. The van der Waals surface area contributed by atoms with Crippen LogP contribution in [-0.4, -0.2) is 23.8 Å². The average molecular weight is 279 g/mol. The number of hydrogen-bond donors (Lipinski definition) is 2. The standard InChI is InChI=1S/C15H21NO4/c1-3-4-9-20-15(19)16-11(2)13-8-6-5-7-12(13)10-14(17)18/h5-8,11H,3-4,9-10H2,1-2H3,(H,16,19)(H,17,18). The first-order chi connectivity index (χ1) is 9.54. The lowest BCUT2D eigenvalue weighted by Crippen LogP contribution is -2.28. The Balaban J connectivity index is 2.64. The summed E-state index contributed by atoms with van der Waals surface area (Å²) in [5, 5.41) is 11.6. The Labute approximate surface area is 118 Å². The van der Waals surface area contributed by atoms with E-state index in [-0.39, 0.29) is 12.5 Å². The molecule has 1 aromatic rings. The van der Waals surface area contributed by atoms with Gasteiger partial charge in [-0.3, -0.25) is 4.79 Å². The number of carbonyl (C=O) groups excluding carboxylic acids is 1. The van der Waals surface area contributed by atoms with Crippen molar-refractivity contribution in [3.63, 3.8) is 0 Å². The Hall–Kier alpha value is -2.04. The summed E-state index contributed by atoms with van der Waals surface area (Å²) in [5.41, 5.74) is 1.49. The van der Waals surface area contributed by atoms with Crippen LogP contribution in [0.1, 0.15) is 43.9 Å². The number of nitrogens with one attached hydrogen (secondary N) is 1. The van der Waals surface area contributed by atoms with Gasteiger partial charge in [0.15, 0.2) is 0 Å². The van der Waals surface area contributed by atoms with Gasteiger partial charge in [0.2, 0.25) is 0 Å². The van der Waals surface area contributed by atoms with E-state index in [9.17, 15) is 9.59 Å². The number of alkyl carbamates (subject to hydrolysis) is 1. The SMILES string of the molecule is CCCCOC(=O)NC(C)c1ccccc1CC(=O)O. The number of carbonyl (C=O) groups is 2. The molecule has 0 aliphatic rings. The van der Waals surface area contributed by atoms with Crippen LogP contribution >= 0.6 is 0 Å². The van der Waals surface area contributed by atoms with Crippen molar-refractivity contribution in [2.24, 2.45) is 0 Å². The third-order valence-corrected chi connectivity index (χ3v) is 2.93. The minimum absolute atomic E-state index is 0.0624. The normalized spacial score (nSPS) is 11.7. The smallest absolute Gasteiger partial charge is 0.407 e. The van der Waals surface area contributed by atoms with Crippen LogP contribution in [0, 0.1) is 0 Å². The van der Waals surface area contributed by atoms with Gasteiger partial charge in [-0.2, -0.15) is 0 Å². The van der Waals surface area contributed by atoms with Crippen LogP contribution in [0.3, 0.4) is 0 Å². The molecular weight excluding hydrogens is 258 g/mol. The van der Waals surface area contributed by atoms with E-state index in [0.29, 0.717) is 12.2 Å². The molecule has 5 nitrogen and oxygen atoms in total. The molecule has 1 rings (SSSR count). The van der Waals surface area contributed by atoms with Crippen molar-refractivity contribution < 1.29 is 19.4 Å². The number of hydrogen-bond acceptors (Lipinski definition) is 3. The summed E-state index contributed by atoms with van der Waals surface area (Å²) in [5.74, 6) is -0.893. The maximum absolute atomic E-state index is 11.6. The van der Waals surface area contributed by atoms with Crippen LogP contribution in [0.2, 0.25) is 0 Å². The molecule has 1 aromatic carbocycles. The lowest BCUT2D eigenvalue weighted by Gasteiger charge is -2.17. The highest BCUT2D eigenvalue weighted by molar-refractivity contribution is 5.71. The number of benzene rings is 1.